The van der Waals surface area contributed by atoms with E-state index in [1.807, 2.05) is 0 Å². The van der Waals surface area contributed by atoms with Gasteiger partial charge in [-0.05, 0) is 38.8 Å². The number of benzene rings is 1. The van der Waals surface area contributed by atoms with Crippen LogP contribution in [0.2, 0.25) is 0 Å². The third-order valence-corrected chi connectivity index (χ3v) is 4.65. The van der Waals surface area contributed by atoms with Crippen LogP contribution in [0.1, 0.15) is 62.7 Å². The number of carboxylic acid groups (broad SMARTS) is 1. The van der Waals surface area contributed by atoms with Crippen LogP contribution >= 0.6 is 0 Å². The highest BCUT2D eigenvalue weighted by Crippen LogP contribution is 2.28. The summed E-state index contributed by atoms with van der Waals surface area (Å²) in [5, 5.41) is 12.3. The summed E-state index contributed by atoms with van der Waals surface area (Å²) in [7, 11) is 0. The van der Waals surface area contributed by atoms with Gasteiger partial charge in [-0.15, -0.1) is 0 Å². The van der Waals surface area contributed by atoms with Crippen LogP contribution in [0.3, 0.4) is 0 Å². The molecule has 1 atom stereocenters. The quantitative estimate of drug-likeness (QED) is 0.610. The molecule has 0 saturated heterocycles. The minimum atomic E-state index is -1.22. The minimum absolute atomic E-state index is 0.0918. The molecule has 2 rings (SSSR count). The Kier molecular flexibility index (Phi) is 6.17. The van der Waals surface area contributed by atoms with Gasteiger partial charge in [0.1, 0.15) is 11.3 Å². The second kappa shape index (κ2) is 8.14. The van der Waals surface area contributed by atoms with E-state index in [-0.39, 0.29) is 5.78 Å². The molecule has 0 spiro atoms. The van der Waals surface area contributed by atoms with Gasteiger partial charge in [0.2, 0.25) is 0 Å². The maximum absolute atomic E-state index is 12.5. The fraction of sp³-hybridized carbons (Fsp3) is 0.526. The summed E-state index contributed by atoms with van der Waals surface area (Å²) in [4.78, 5) is 35.7. The molecule has 0 aliphatic heterocycles. The van der Waals surface area contributed by atoms with Gasteiger partial charge in [0.15, 0.2) is 11.9 Å². The first-order chi connectivity index (χ1) is 11.8. The predicted octanol–water partition coefficient (Wildman–Crippen LogP) is 2.95. The van der Waals surface area contributed by atoms with Crippen LogP contribution in [-0.2, 0) is 9.59 Å². The lowest BCUT2D eigenvalue weighted by Gasteiger charge is -2.30. The number of nitrogens with one attached hydrogen (secondary N) is 1. The van der Waals surface area contributed by atoms with Crippen molar-refractivity contribution in [3.8, 4) is 5.75 Å². The molecule has 1 saturated carbocycles. The number of amides is 1. The summed E-state index contributed by atoms with van der Waals surface area (Å²) in [6, 6.07) is 6.59. The Morgan fingerprint density at radius 2 is 1.80 bits per heavy atom. The molecule has 1 aliphatic carbocycles. The first-order valence-electron chi connectivity index (χ1n) is 8.67. The predicted molar refractivity (Wildman–Crippen MR) is 92.7 cm³/mol. The molecule has 0 aromatic heterocycles. The van der Waals surface area contributed by atoms with Crippen molar-refractivity contribution in [2.24, 2.45) is 0 Å². The minimum Gasteiger partial charge on any atom is -0.481 e. The first kappa shape index (κ1) is 19.0. The SMILES string of the molecule is CC(=O)c1cccc(OC(C)C(=O)NC2(C(=O)O)CCCCCC2)c1. The Bertz CT molecular complexity index is 647. The molecule has 1 fully saturated rings. The van der Waals surface area contributed by atoms with E-state index >= 15 is 0 Å². The fourth-order valence-electron chi connectivity index (χ4n) is 3.11. The number of aliphatic carboxylic acids is 1. The number of hydrogen-bond acceptors (Lipinski definition) is 4. The van der Waals surface area contributed by atoms with E-state index in [1.54, 1.807) is 31.2 Å². The molecule has 25 heavy (non-hydrogen) atoms. The molecule has 6 nitrogen and oxygen atoms in total. The van der Waals surface area contributed by atoms with Crippen LogP contribution in [0.25, 0.3) is 0 Å². The van der Waals surface area contributed by atoms with E-state index in [9.17, 15) is 19.5 Å². The highest BCUT2D eigenvalue weighted by atomic mass is 16.5. The largest absolute Gasteiger partial charge is 0.481 e. The summed E-state index contributed by atoms with van der Waals surface area (Å²) in [6.07, 6.45) is 3.53. The number of carbonyl (C=O) groups excluding carboxylic acids is 2. The normalized spacial score (nSPS) is 17.8. The lowest BCUT2D eigenvalue weighted by molar-refractivity contribution is -0.149. The Hall–Kier alpha value is -2.37. The van der Waals surface area contributed by atoms with Crippen molar-refractivity contribution >= 4 is 17.7 Å². The van der Waals surface area contributed by atoms with E-state index in [4.69, 9.17) is 4.74 Å². The molecule has 1 aromatic carbocycles. The molecule has 1 aromatic rings. The topological polar surface area (TPSA) is 92.7 Å². The average molecular weight is 347 g/mol. The zero-order valence-corrected chi connectivity index (χ0v) is 14.7. The number of rotatable bonds is 6. The summed E-state index contributed by atoms with van der Waals surface area (Å²) in [6.45, 7) is 3.03. The zero-order chi connectivity index (χ0) is 18.4. The molecule has 0 bridgehead atoms. The first-order valence-corrected chi connectivity index (χ1v) is 8.67. The summed E-state index contributed by atoms with van der Waals surface area (Å²) in [5.41, 5.74) is -0.720. The Balaban J connectivity index is 2.07. The number of carbonyl (C=O) groups is 3. The van der Waals surface area contributed by atoms with E-state index in [0.29, 0.717) is 24.2 Å². The Morgan fingerprint density at radius 1 is 1.16 bits per heavy atom. The molecule has 136 valence electrons. The maximum Gasteiger partial charge on any atom is 0.329 e. The molecule has 0 radical (unpaired) electrons. The number of Topliss-reactive ketones (excluding diaryl/α,β-unsaturated/α-hetero) is 1. The van der Waals surface area contributed by atoms with Crippen LogP contribution in [0.4, 0.5) is 0 Å². The van der Waals surface area contributed by atoms with Gasteiger partial charge in [0.05, 0.1) is 0 Å². The van der Waals surface area contributed by atoms with E-state index < -0.39 is 23.5 Å². The van der Waals surface area contributed by atoms with Crippen molar-refractivity contribution < 1.29 is 24.2 Å². The van der Waals surface area contributed by atoms with E-state index in [2.05, 4.69) is 5.32 Å². The van der Waals surface area contributed by atoms with Gasteiger partial charge < -0.3 is 15.2 Å². The third kappa shape index (κ3) is 4.81. The Morgan fingerprint density at radius 3 is 2.36 bits per heavy atom. The number of ether oxygens (including phenoxy) is 1. The molecule has 2 N–H and O–H groups in total. The standard InChI is InChI=1S/C19H25NO5/c1-13(21)15-8-7-9-16(12-15)25-14(2)17(22)20-19(18(23)24)10-5-3-4-6-11-19/h7-9,12,14H,3-6,10-11H2,1-2H3,(H,20,22)(H,23,24). The maximum atomic E-state index is 12.5. The number of carboxylic acids is 1. The Labute approximate surface area is 147 Å². The van der Waals surface area contributed by atoms with Gasteiger partial charge in [-0.2, -0.15) is 0 Å². The third-order valence-electron chi connectivity index (χ3n) is 4.65. The van der Waals surface area contributed by atoms with Crippen molar-refractivity contribution in [3.63, 3.8) is 0 Å². The smallest absolute Gasteiger partial charge is 0.329 e. The average Bonchev–Trinajstić information content (AvgIpc) is 2.81. The van der Waals surface area contributed by atoms with Crippen LogP contribution in [-0.4, -0.2) is 34.4 Å². The van der Waals surface area contributed by atoms with Gasteiger partial charge in [-0.1, -0.05) is 37.8 Å². The van der Waals surface area contributed by atoms with Gasteiger partial charge in [-0.3, -0.25) is 9.59 Å². The fourth-order valence-corrected chi connectivity index (χ4v) is 3.11. The van der Waals surface area contributed by atoms with Gasteiger partial charge in [-0.25, -0.2) is 4.79 Å². The number of hydrogen-bond donors (Lipinski definition) is 2. The van der Waals surface area contributed by atoms with Crippen molar-refractivity contribution in [3.05, 3.63) is 29.8 Å². The second-order valence-corrected chi connectivity index (χ2v) is 6.63. The monoisotopic (exact) mass is 347 g/mol. The summed E-state index contributed by atoms with van der Waals surface area (Å²) >= 11 is 0. The van der Waals surface area contributed by atoms with Crippen LogP contribution < -0.4 is 10.1 Å². The van der Waals surface area contributed by atoms with E-state index in [0.717, 1.165) is 25.7 Å². The lowest BCUT2D eigenvalue weighted by atomic mass is 9.90. The molecular weight excluding hydrogens is 322 g/mol. The van der Waals surface area contributed by atoms with Crippen LogP contribution in [0.5, 0.6) is 5.75 Å². The molecular formula is C19H25NO5. The molecule has 0 heterocycles. The van der Waals surface area contributed by atoms with Crippen LogP contribution in [0.15, 0.2) is 24.3 Å². The summed E-state index contributed by atoms with van der Waals surface area (Å²) in [5.74, 6) is -1.14. The number of ketones is 1. The zero-order valence-electron chi connectivity index (χ0n) is 14.7. The van der Waals surface area contributed by atoms with Crippen molar-refractivity contribution in [2.75, 3.05) is 0 Å². The second-order valence-electron chi connectivity index (χ2n) is 6.63. The molecule has 6 heteroatoms. The lowest BCUT2D eigenvalue weighted by Crippen LogP contribution is -2.57. The van der Waals surface area contributed by atoms with E-state index in [1.165, 1.54) is 6.92 Å². The van der Waals surface area contributed by atoms with Crippen LogP contribution in [0, 0.1) is 0 Å². The highest BCUT2D eigenvalue weighted by Gasteiger charge is 2.41. The molecule has 1 unspecified atom stereocenters. The molecule has 1 amide bonds. The van der Waals surface area contributed by atoms with Crippen molar-refractivity contribution in [1.29, 1.82) is 0 Å². The summed E-state index contributed by atoms with van der Waals surface area (Å²) < 4.78 is 5.61. The van der Waals surface area contributed by atoms with Crippen molar-refractivity contribution in [2.45, 2.75) is 64.0 Å². The molecule has 1 aliphatic rings. The van der Waals surface area contributed by atoms with Crippen molar-refractivity contribution in [1.82, 2.24) is 5.32 Å². The van der Waals surface area contributed by atoms with Gasteiger partial charge in [0, 0.05) is 5.56 Å². The van der Waals surface area contributed by atoms with Gasteiger partial charge >= 0.3 is 5.97 Å². The van der Waals surface area contributed by atoms with Gasteiger partial charge in [0.25, 0.3) is 5.91 Å². The highest BCUT2D eigenvalue weighted by molar-refractivity contribution is 5.94.